The number of halogens is 1. The van der Waals surface area contributed by atoms with Gasteiger partial charge in [-0.3, -0.25) is 0 Å². The smallest absolute Gasteiger partial charge is 0.204 e. The zero-order chi connectivity index (χ0) is 14.7. The van der Waals surface area contributed by atoms with E-state index in [2.05, 4.69) is 55.9 Å². The van der Waals surface area contributed by atoms with E-state index >= 15 is 0 Å². The van der Waals surface area contributed by atoms with E-state index in [1.807, 2.05) is 32.2 Å². The number of hydrogen-bond donors (Lipinski definition) is 1. The Kier molecular flexibility index (Phi) is 4.70. The Labute approximate surface area is 128 Å². The van der Waals surface area contributed by atoms with Gasteiger partial charge >= 0.3 is 0 Å². The zero-order valence-corrected chi connectivity index (χ0v) is 14.0. The summed E-state index contributed by atoms with van der Waals surface area (Å²) in [6, 6.07) is 6.35. The number of nitrogens with one attached hydrogen (secondary N) is 1. The van der Waals surface area contributed by atoms with Gasteiger partial charge in [-0.05, 0) is 30.2 Å². The van der Waals surface area contributed by atoms with Gasteiger partial charge in [0.2, 0.25) is 5.95 Å². The monoisotopic (exact) mass is 336 g/mol. The van der Waals surface area contributed by atoms with Crippen molar-refractivity contribution in [3.8, 4) is 0 Å². The van der Waals surface area contributed by atoms with Gasteiger partial charge in [0, 0.05) is 31.3 Å². The lowest BCUT2D eigenvalue weighted by atomic mass is 10.1. The SMILES string of the molecule is CCc1cc(Br)ccc1NCc1cnc(N(C)C)n1C. The third-order valence-electron chi connectivity index (χ3n) is 3.37. The molecule has 0 aliphatic rings. The molecule has 0 bridgehead atoms. The van der Waals surface area contributed by atoms with Crippen molar-refractivity contribution < 1.29 is 0 Å². The number of nitrogens with zero attached hydrogens (tertiary/aromatic N) is 3. The summed E-state index contributed by atoms with van der Waals surface area (Å²) in [6.45, 7) is 2.94. The molecule has 1 N–H and O–H groups in total. The van der Waals surface area contributed by atoms with E-state index in [9.17, 15) is 0 Å². The van der Waals surface area contributed by atoms with Gasteiger partial charge in [0.15, 0.2) is 0 Å². The van der Waals surface area contributed by atoms with Crippen LogP contribution in [0.15, 0.2) is 28.9 Å². The Balaban J connectivity index is 2.13. The third kappa shape index (κ3) is 3.15. The molecule has 0 aliphatic heterocycles. The van der Waals surface area contributed by atoms with Crippen LogP contribution in [0.1, 0.15) is 18.2 Å². The number of hydrogen-bond acceptors (Lipinski definition) is 3. The highest BCUT2D eigenvalue weighted by atomic mass is 79.9. The van der Waals surface area contributed by atoms with Crippen molar-refractivity contribution in [3.63, 3.8) is 0 Å². The summed E-state index contributed by atoms with van der Waals surface area (Å²) in [6.07, 6.45) is 2.93. The molecule has 108 valence electrons. The summed E-state index contributed by atoms with van der Waals surface area (Å²) < 4.78 is 3.23. The second-order valence-electron chi connectivity index (χ2n) is 5.01. The summed E-state index contributed by atoms with van der Waals surface area (Å²) in [5.74, 6) is 0.966. The summed E-state index contributed by atoms with van der Waals surface area (Å²) >= 11 is 3.52. The quantitative estimate of drug-likeness (QED) is 0.908. The highest BCUT2D eigenvalue weighted by Crippen LogP contribution is 2.22. The van der Waals surface area contributed by atoms with E-state index in [0.29, 0.717) is 0 Å². The topological polar surface area (TPSA) is 33.1 Å². The number of rotatable bonds is 5. The summed E-state index contributed by atoms with van der Waals surface area (Å²) in [5.41, 5.74) is 3.66. The van der Waals surface area contributed by atoms with Gasteiger partial charge < -0.3 is 14.8 Å². The maximum atomic E-state index is 4.43. The summed E-state index contributed by atoms with van der Waals surface area (Å²) in [5, 5.41) is 3.50. The van der Waals surface area contributed by atoms with Gasteiger partial charge in [-0.1, -0.05) is 22.9 Å². The van der Waals surface area contributed by atoms with E-state index < -0.39 is 0 Å². The minimum absolute atomic E-state index is 0.770. The lowest BCUT2D eigenvalue weighted by Gasteiger charge is -2.14. The van der Waals surface area contributed by atoms with Crippen LogP contribution in [-0.2, 0) is 20.0 Å². The fourth-order valence-corrected chi connectivity index (χ4v) is 2.64. The normalized spacial score (nSPS) is 10.7. The molecule has 0 atom stereocenters. The lowest BCUT2D eigenvalue weighted by Crippen LogP contribution is -2.15. The van der Waals surface area contributed by atoms with Crippen LogP contribution in [0, 0.1) is 0 Å². The molecule has 0 radical (unpaired) electrons. The van der Waals surface area contributed by atoms with Gasteiger partial charge in [-0.15, -0.1) is 0 Å². The van der Waals surface area contributed by atoms with Crippen molar-refractivity contribution in [2.75, 3.05) is 24.3 Å². The van der Waals surface area contributed by atoms with E-state index in [0.717, 1.165) is 23.4 Å². The molecule has 2 rings (SSSR count). The van der Waals surface area contributed by atoms with E-state index in [-0.39, 0.29) is 0 Å². The molecule has 0 saturated heterocycles. The predicted octanol–water partition coefficient (Wildman–Crippen LogP) is 3.42. The van der Waals surface area contributed by atoms with Crippen LogP contribution in [0.2, 0.25) is 0 Å². The van der Waals surface area contributed by atoms with Crippen molar-refractivity contribution >= 4 is 27.6 Å². The number of aryl methyl sites for hydroxylation is 1. The van der Waals surface area contributed by atoms with Gasteiger partial charge in [0.05, 0.1) is 18.4 Å². The molecule has 0 unspecified atom stereocenters. The molecule has 5 heteroatoms. The van der Waals surface area contributed by atoms with Crippen LogP contribution in [0.4, 0.5) is 11.6 Å². The molecule has 1 aromatic heterocycles. The van der Waals surface area contributed by atoms with Gasteiger partial charge in [0.25, 0.3) is 0 Å². The maximum Gasteiger partial charge on any atom is 0.204 e. The largest absolute Gasteiger partial charge is 0.379 e. The predicted molar refractivity (Wildman–Crippen MR) is 88.4 cm³/mol. The Morgan fingerprint density at radius 3 is 2.70 bits per heavy atom. The van der Waals surface area contributed by atoms with Crippen molar-refractivity contribution in [2.24, 2.45) is 7.05 Å². The first-order chi connectivity index (χ1) is 9.52. The third-order valence-corrected chi connectivity index (χ3v) is 3.86. The van der Waals surface area contributed by atoms with Crippen molar-refractivity contribution in [1.82, 2.24) is 9.55 Å². The van der Waals surface area contributed by atoms with Crippen LogP contribution < -0.4 is 10.2 Å². The molecule has 0 fully saturated rings. The average molecular weight is 337 g/mol. The summed E-state index contributed by atoms with van der Waals surface area (Å²) in [4.78, 5) is 6.44. The van der Waals surface area contributed by atoms with Crippen LogP contribution in [0.25, 0.3) is 0 Å². The van der Waals surface area contributed by atoms with Gasteiger partial charge in [-0.2, -0.15) is 0 Å². The first-order valence-electron chi connectivity index (χ1n) is 6.73. The van der Waals surface area contributed by atoms with Crippen LogP contribution in [0.3, 0.4) is 0 Å². The van der Waals surface area contributed by atoms with Crippen molar-refractivity contribution in [3.05, 3.63) is 40.1 Å². The Bertz CT molecular complexity index is 590. The van der Waals surface area contributed by atoms with Crippen LogP contribution in [0.5, 0.6) is 0 Å². The fourth-order valence-electron chi connectivity index (χ4n) is 2.23. The molecule has 2 aromatic rings. The Morgan fingerprint density at radius 2 is 2.10 bits per heavy atom. The molecule has 4 nitrogen and oxygen atoms in total. The molecule has 20 heavy (non-hydrogen) atoms. The fraction of sp³-hybridized carbons (Fsp3) is 0.400. The number of anilines is 2. The van der Waals surface area contributed by atoms with E-state index in [1.54, 1.807) is 0 Å². The first-order valence-corrected chi connectivity index (χ1v) is 7.52. The molecule has 0 saturated carbocycles. The van der Waals surface area contributed by atoms with Crippen molar-refractivity contribution in [1.29, 1.82) is 0 Å². The maximum absolute atomic E-state index is 4.43. The highest BCUT2D eigenvalue weighted by Gasteiger charge is 2.08. The molecule has 0 spiro atoms. The minimum Gasteiger partial charge on any atom is -0.379 e. The van der Waals surface area contributed by atoms with E-state index in [1.165, 1.54) is 16.9 Å². The minimum atomic E-state index is 0.770. The zero-order valence-electron chi connectivity index (χ0n) is 12.4. The highest BCUT2D eigenvalue weighted by molar-refractivity contribution is 9.10. The van der Waals surface area contributed by atoms with Gasteiger partial charge in [0.1, 0.15) is 0 Å². The summed E-state index contributed by atoms with van der Waals surface area (Å²) in [7, 11) is 6.05. The Hall–Kier alpha value is -1.49. The van der Waals surface area contributed by atoms with E-state index in [4.69, 9.17) is 0 Å². The molecular formula is C15H21BrN4. The number of imidazole rings is 1. The van der Waals surface area contributed by atoms with Crippen molar-refractivity contribution in [2.45, 2.75) is 19.9 Å². The average Bonchev–Trinajstić information content (AvgIpc) is 2.78. The van der Waals surface area contributed by atoms with Crippen LogP contribution >= 0.6 is 15.9 Å². The lowest BCUT2D eigenvalue weighted by molar-refractivity contribution is 0.813. The van der Waals surface area contributed by atoms with Gasteiger partial charge in [-0.25, -0.2) is 4.98 Å². The second-order valence-corrected chi connectivity index (χ2v) is 5.93. The molecular weight excluding hydrogens is 316 g/mol. The Morgan fingerprint density at radius 1 is 1.35 bits per heavy atom. The molecule has 1 heterocycles. The van der Waals surface area contributed by atoms with Crippen LogP contribution in [-0.4, -0.2) is 23.6 Å². The standard InChI is InChI=1S/C15H21BrN4/c1-5-11-8-12(16)6-7-14(11)17-9-13-10-18-15(19(2)3)20(13)4/h6-8,10,17H,5,9H2,1-4H3. The molecule has 1 aromatic carbocycles. The number of aromatic nitrogens is 2. The molecule has 0 amide bonds. The first kappa shape index (κ1) is 14.9. The second kappa shape index (κ2) is 6.31. The number of benzene rings is 1. The molecule has 0 aliphatic carbocycles.